The van der Waals surface area contributed by atoms with Gasteiger partial charge in [0.25, 0.3) is 0 Å². The monoisotopic (exact) mass is 347 g/mol. The maximum absolute atomic E-state index is 12.7. The van der Waals surface area contributed by atoms with Crippen LogP contribution in [0.15, 0.2) is 18.6 Å². The fourth-order valence-electron chi connectivity index (χ4n) is 3.79. The first-order chi connectivity index (χ1) is 12.1. The van der Waals surface area contributed by atoms with Gasteiger partial charge in [-0.25, -0.2) is 0 Å². The number of ether oxygens (including phenoxy) is 1. The van der Waals surface area contributed by atoms with Gasteiger partial charge >= 0.3 is 0 Å². The molecule has 2 aliphatic rings. The SMILES string of the molecule is CN(C)C(=O)[C@H]1CN(Cc2cnccn2)CCN(C2CCOCC2)C1. The van der Waals surface area contributed by atoms with E-state index in [0.717, 1.165) is 64.5 Å². The van der Waals surface area contributed by atoms with Gasteiger partial charge in [-0.05, 0) is 12.8 Å². The van der Waals surface area contributed by atoms with E-state index in [2.05, 4.69) is 19.8 Å². The van der Waals surface area contributed by atoms with Crippen molar-refractivity contribution in [2.75, 3.05) is 53.5 Å². The van der Waals surface area contributed by atoms with Gasteiger partial charge in [0.1, 0.15) is 0 Å². The fourth-order valence-corrected chi connectivity index (χ4v) is 3.79. The fraction of sp³-hybridized carbons (Fsp3) is 0.722. The number of carbonyl (C=O) groups excluding carboxylic acids is 1. The van der Waals surface area contributed by atoms with Crippen LogP contribution in [0.1, 0.15) is 18.5 Å². The van der Waals surface area contributed by atoms with Crippen molar-refractivity contribution < 1.29 is 9.53 Å². The lowest BCUT2D eigenvalue weighted by molar-refractivity contribution is -0.134. The molecule has 2 fully saturated rings. The van der Waals surface area contributed by atoms with E-state index in [9.17, 15) is 4.79 Å². The van der Waals surface area contributed by atoms with Gasteiger partial charge in [0, 0.05) is 84.7 Å². The average Bonchev–Trinajstić information content (AvgIpc) is 2.85. The van der Waals surface area contributed by atoms with Crippen molar-refractivity contribution >= 4 is 5.91 Å². The lowest BCUT2D eigenvalue weighted by Crippen LogP contribution is -2.45. The molecule has 7 heteroatoms. The Bertz CT molecular complexity index is 548. The molecule has 25 heavy (non-hydrogen) atoms. The number of hydrogen-bond acceptors (Lipinski definition) is 6. The third kappa shape index (κ3) is 4.96. The third-order valence-corrected chi connectivity index (χ3v) is 5.14. The van der Waals surface area contributed by atoms with Crippen LogP contribution in [0.25, 0.3) is 0 Å². The Labute approximate surface area is 150 Å². The number of amides is 1. The third-order valence-electron chi connectivity index (χ3n) is 5.14. The van der Waals surface area contributed by atoms with Crippen molar-refractivity contribution in [3.8, 4) is 0 Å². The summed E-state index contributed by atoms with van der Waals surface area (Å²) in [5.41, 5.74) is 0.957. The second-order valence-corrected chi connectivity index (χ2v) is 7.20. The second-order valence-electron chi connectivity index (χ2n) is 7.20. The van der Waals surface area contributed by atoms with E-state index in [4.69, 9.17) is 4.74 Å². The zero-order valence-corrected chi connectivity index (χ0v) is 15.3. The van der Waals surface area contributed by atoms with Crippen molar-refractivity contribution in [3.05, 3.63) is 24.3 Å². The van der Waals surface area contributed by atoms with Crippen LogP contribution in [0.3, 0.4) is 0 Å². The molecule has 1 amide bonds. The maximum atomic E-state index is 12.7. The van der Waals surface area contributed by atoms with Gasteiger partial charge in [0.15, 0.2) is 0 Å². The normalized spacial score (nSPS) is 24.0. The standard InChI is InChI=1S/C18H29N5O2/c1-21(2)18(24)15-12-22(14-16-11-19-5-6-20-16)7-8-23(13-15)17-3-9-25-10-4-17/h5-6,11,15,17H,3-4,7-10,12-14H2,1-2H3/t15-/m0/s1. The molecule has 0 spiro atoms. The molecular formula is C18H29N5O2. The highest BCUT2D eigenvalue weighted by molar-refractivity contribution is 5.78. The highest BCUT2D eigenvalue weighted by Crippen LogP contribution is 2.20. The molecule has 0 unspecified atom stereocenters. The molecule has 0 bridgehead atoms. The molecule has 1 aromatic heterocycles. The van der Waals surface area contributed by atoms with Gasteiger partial charge in [-0.2, -0.15) is 0 Å². The summed E-state index contributed by atoms with van der Waals surface area (Å²) in [6.45, 7) is 5.94. The molecule has 2 aliphatic heterocycles. The zero-order valence-electron chi connectivity index (χ0n) is 15.3. The van der Waals surface area contributed by atoms with Crippen LogP contribution in [-0.2, 0) is 16.1 Å². The van der Waals surface area contributed by atoms with Crippen LogP contribution in [0, 0.1) is 5.92 Å². The summed E-state index contributed by atoms with van der Waals surface area (Å²) < 4.78 is 5.51. The van der Waals surface area contributed by atoms with Crippen molar-refractivity contribution in [1.82, 2.24) is 24.7 Å². The van der Waals surface area contributed by atoms with Crippen molar-refractivity contribution in [3.63, 3.8) is 0 Å². The lowest BCUT2D eigenvalue weighted by atomic mass is 10.0. The summed E-state index contributed by atoms with van der Waals surface area (Å²) in [6, 6.07) is 0.530. The number of aromatic nitrogens is 2. The van der Waals surface area contributed by atoms with E-state index in [1.54, 1.807) is 17.3 Å². The van der Waals surface area contributed by atoms with Gasteiger partial charge in [0.05, 0.1) is 11.6 Å². The van der Waals surface area contributed by atoms with Gasteiger partial charge < -0.3 is 9.64 Å². The van der Waals surface area contributed by atoms with Crippen LogP contribution in [-0.4, -0.2) is 90.1 Å². The van der Waals surface area contributed by atoms with Gasteiger partial charge in [-0.15, -0.1) is 0 Å². The number of nitrogens with zero attached hydrogens (tertiary/aromatic N) is 5. The van der Waals surface area contributed by atoms with Crippen LogP contribution < -0.4 is 0 Å². The van der Waals surface area contributed by atoms with Crippen molar-refractivity contribution in [2.45, 2.75) is 25.4 Å². The maximum Gasteiger partial charge on any atom is 0.227 e. The van der Waals surface area contributed by atoms with E-state index in [1.807, 2.05) is 20.3 Å². The number of hydrogen-bond donors (Lipinski definition) is 0. The molecule has 7 nitrogen and oxygen atoms in total. The predicted octanol–water partition coefficient (Wildman–Crippen LogP) is 0.478. The van der Waals surface area contributed by atoms with Crippen LogP contribution >= 0.6 is 0 Å². The zero-order chi connectivity index (χ0) is 17.6. The smallest absolute Gasteiger partial charge is 0.227 e. The van der Waals surface area contributed by atoms with E-state index < -0.39 is 0 Å². The topological polar surface area (TPSA) is 61.8 Å². The molecule has 3 heterocycles. The largest absolute Gasteiger partial charge is 0.381 e. The highest BCUT2D eigenvalue weighted by Gasteiger charge is 2.32. The van der Waals surface area contributed by atoms with Gasteiger partial charge in [-0.3, -0.25) is 24.6 Å². The molecular weight excluding hydrogens is 318 g/mol. The first-order valence-corrected chi connectivity index (χ1v) is 9.13. The van der Waals surface area contributed by atoms with Crippen LogP contribution in [0.4, 0.5) is 0 Å². The Hall–Kier alpha value is -1.57. The minimum Gasteiger partial charge on any atom is -0.381 e. The Morgan fingerprint density at radius 2 is 2.04 bits per heavy atom. The van der Waals surface area contributed by atoms with E-state index in [-0.39, 0.29) is 11.8 Å². The minimum absolute atomic E-state index is 0.00276. The molecule has 0 radical (unpaired) electrons. The molecule has 0 aliphatic carbocycles. The van der Waals surface area contributed by atoms with E-state index in [0.29, 0.717) is 6.04 Å². The molecule has 1 atom stereocenters. The molecule has 1 aromatic rings. The predicted molar refractivity (Wildman–Crippen MR) is 94.9 cm³/mol. The second kappa shape index (κ2) is 8.69. The Kier molecular flexibility index (Phi) is 6.34. The molecule has 3 rings (SSSR count). The van der Waals surface area contributed by atoms with Crippen LogP contribution in [0.5, 0.6) is 0 Å². The Morgan fingerprint density at radius 3 is 2.72 bits per heavy atom. The molecule has 0 aromatic carbocycles. The minimum atomic E-state index is -0.00276. The number of carbonyl (C=O) groups is 1. The van der Waals surface area contributed by atoms with Crippen molar-refractivity contribution in [1.29, 1.82) is 0 Å². The first kappa shape index (κ1) is 18.2. The Balaban J connectivity index is 1.70. The number of rotatable bonds is 4. The summed E-state index contributed by atoms with van der Waals surface area (Å²) in [6.07, 6.45) is 7.35. The molecule has 0 N–H and O–H groups in total. The quantitative estimate of drug-likeness (QED) is 0.789. The molecule has 0 saturated carbocycles. The van der Waals surface area contributed by atoms with Crippen molar-refractivity contribution in [2.24, 2.45) is 5.92 Å². The van der Waals surface area contributed by atoms with Gasteiger partial charge in [-0.1, -0.05) is 0 Å². The van der Waals surface area contributed by atoms with Crippen LogP contribution in [0.2, 0.25) is 0 Å². The molecule has 138 valence electrons. The summed E-state index contributed by atoms with van der Waals surface area (Å²) in [5, 5.41) is 0. The average molecular weight is 347 g/mol. The van der Waals surface area contributed by atoms with E-state index in [1.165, 1.54) is 0 Å². The Morgan fingerprint density at radius 1 is 1.24 bits per heavy atom. The summed E-state index contributed by atoms with van der Waals surface area (Å²) in [5.74, 6) is 0.208. The summed E-state index contributed by atoms with van der Waals surface area (Å²) in [7, 11) is 3.69. The van der Waals surface area contributed by atoms with E-state index >= 15 is 0 Å². The van der Waals surface area contributed by atoms with Gasteiger partial charge in [0.2, 0.25) is 5.91 Å². The summed E-state index contributed by atoms with van der Waals surface area (Å²) in [4.78, 5) is 27.8. The summed E-state index contributed by atoms with van der Waals surface area (Å²) >= 11 is 0. The first-order valence-electron chi connectivity index (χ1n) is 9.13. The molecule has 2 saturated heterocycles. The lowest BCUT2D eigenvalue weighted by Gasteiger charge is -2.34. The highest BCUT2D eigenvalue weighted by atomic mass is 16.5.